The molecule has 29 heavy (non-hydrogen) atoms. The largest absolute Gasteiger partial charge is 0.478 e. The van der Waals surface area contributed by atoms with Gasteiger partial charge in [0.15, 0.2) is 5.96 Å². The number of alkyl halides is 6. The minimum absolute atomic E-state index is 0.105. The molecule has 2 aromatic carbocycles. The quantitative estimate of drug-likeness (QED) is 0.390. The van der Waals surface area contributed by atoms with E-state index >= 15 is 0 Å². The van der Waals surface area contributed by atoms with E-state index in [1.807, 2.05) is 0 Å². The second-order valence-corrected chi connectivity index (χ2v) is 5.31. The molecule has 0 aliphatic heterocycles. The number of nitrogens with two attached hydrogens (primary N) is 2. The molecule has 2 aromatic rings. The van der Waals surface area contributed by atoms with Crippen LogP contribution in [0.25, 0.3) is 0 Å². The third-order valence-corrected chi connectivity index (χ3v) is 3.09. The maximum absolute atomic E-state index is 12.5. The third-order valence-electron chi connectivity index (χ3n) is 3.09. The molecular weight excluding hydrogens is 408 g/mol. The van der Waals surface area contributed by atoms with E-state index in [9.17, 15) is 35.9 Å². The molecule has 0 bridgehead atoms. The molecule has 0 saturated carbocycles. The van der Waals surface area contributed by atoms with E-state index in [1.54, 1.807) is 30.3 Å². The SMILES string of the molecule is NC(N)=NC(=O)c1cc(C(F)(F)F)cc(C(F)(F)F)c1.O=C(O)c1ccccc1. The van der Waals surface area contributed by atoms with Gasteiger partial charge in [-0.05, 0) is 30.3 Å². The highest BCUT2D eigenvalue weighted by Gasteiger charge is 2.37. The van der Waals surface area contributed by atoms with Crippen LogP contribution in [-0.4, -0.2) is 22.9 Å². The summed E-state index contributed by atoms with van der Waals surface area (Å²) in [6.07, 6.45) is -10.1. The number of guanidine groups is 1. The van der Waals surface area contributed by atoms with Gasteiger partial charge in [0, 0.05) is 5.56 Å². The summed E-state index contributed by atoms with van der Waals surface area (Å²) < 4.78 is 75.0. The standard InChI is InChI=1S/C10H7F6N3O.C7H6O2/c11-9(12,13)5-1-4(7(20)19-8(17)18)2-6(3-5)10(14,15)16;8-7(9)6-4-2-1-3-5-6/h1-3H,(H4,17,18,19,20);1-5H,(H,8,9). The summed E-state index contributed by atoms with van der Waals surface area (Å²) in [5.74, 6) is -3.06. The molecule has 0 atom stereocenters. The lowest BCUT2D eigenvalue weighted by Crippen LogP contribution is -2.24. The molecule has 0 radical (unpaired) electrons. The predicted molar refractivity (Wildman–Crippen MR) is 90.0 cm³/mol. The van der Waals surface area contributed by atoms with Gasteiger partial charge in [-0.1, -0.05) is 18.2 Å². The number of benzene rings is 2. The van der Waals surface area contributed by atoms with Crippen molar-refractivity contribution < 1.29 is 41.0 Å². The highest BCUT2D eigenvalue weighted by atomic mass is 19.4. The van der Waals surface area contributed by atoms with Crippen molar-refractivity contribution >= 4 is 17.8 Å². The van der Waals surface area contributed by atoms with Crippen molar-refractivity contribution in [2.24, 2.45) is 16.5 Å². The van der Waals surface area contributed by atoms with Crippen LogP contribution in [0.1, 0.15) is 31.8 Å². The Morgan fingerprint density at radius 3 is 1.55 bits per heavy atom. The average Bonchev–Trinajstić information content (AvgIpc) is 2.60. The number of hydrogen-bond donors (Lipinski definition) is 3. The fourth-order valence-corrected chi connectivity index (χ4v) is 1.84. The van der Waals surface area contributed by atoms with Crippen molar-refractivity contribution in [2.45, 2.75) is 12.4 Å². The zero-order chi connectivity index (χ0) is 22.4. The van der Waals surface area contributed by atoms with E-state index in [1.165, 1.54) is 0 Å². The molecule has 156 valence electrons. The Balaban J connectivity index is 0.000000387. The molecular formula is C17H13F6N3O3. The Bertz CT molecular complexity index is 873. The number of rotatable bonds is 2. The molecule has 0 spiro atoms. The Labute approximate surface area is 159 Å². The Hall–Kier alpha value is -3.57. The van der Waals surface area contributed by atoms with Gasteiger partial charge in [-0.2, -0.15) is 31.3 Å². The highest BCUT2D eigenvalue weighted by Crippen LogP contribution is 2.36. The van der Waals surface area contributed by atoms with Crippen LogP contribution in [-0.2, 0) is 12.4 Å². The number of hydrogen-bond acceptors (Lipinski definition) is 2. The van der Waals surface area contributed by atoms with Gasteiger partial charge in [-0.15, -0.1) is 0 Å². The second kappa shape index (κ2) is 9.08. The Morgan fingerprint density at radius 2 is 1.24 bits per heavy atom. The summed E-state index contributed by atoms with van der Waals surface area (Å²) in [6, 6.07) is 8.67. The molecule has 0 aliphatic rings. The average molecular weight is 421 g/mol. The van der Waals surface area contributed by atoms with Crippen LogP contribution in [0.5, 0.6) is 0 Å². The molecule has 0 fully saturated rings. The molecule has 0 saturated heterocycles. The zero-order valence-electron chi connectivity index (χ0n) is 14.3. The first-order chi connectivity index (χ1) is 13.2. The Morgan fingerprint density at radius 1 is 0.793 bits per heavy atom. The summed E-state index contributed by atoms with van der Waals surface area (Å²) in [5, 5.41) is 8.38. The van der Waals surface area contributed by atoms with Gasteiger partial charge in [0.2, 0.25) is 0 Å². The summed E-state index contributed by atoms with van der Waals surface area (Å²) >= 11 is 0. The minimum atomic E-state index is -5.05. The molecule has 0 aromatic heterocycles. The number of aliphatic imine (C=N–C) groups is 1. The molecule has 1 amide bonds. The number of halogens is 6. The van der Waals surface area contributed by atoms with Gasteiger partial charge in [-0.3, -0.25) is 4.79 Å². The number of carboxylic acids is 1. The summed E-state index contributed by atoms with van der Waals surface area (Å²) in [6.45, 7) is 0. The van der Waals surface area contributed by atoms with Crippen molar-refractivity contribution in [3.8, 4) is 0 Å². The monoisotopic (exact) mass is 421 g/mol. The van der Waals surface area contributed by atoms with Crippen LogP contribution in [0.15, 0.2) is 53.5 Å². The van der Waals surface area contributed by atoms with E-state index < -0.39 is 46.9 Å². The molecule has 2 rings (SSSR count). The Kier molecular flexibility index (Phi) is 7.35. The summed E-state index contributed by atoms with van der Waals surface area (Å²) in [4.78, 5) is 24.4. The lowest BCUT2D eigenvalue weighted by Gasteiger charge is -2.12. The van der Waals surface area contributed by atoms with Crippen molar-refractivity contribution in [3.63, 3.8) is 0 Å². The molecule has 12 heteroatoms. The van der Waals surface area contributed by atoms with E-state index in [-0.39, 0.29) is 18.2 Å². The maximum atomic E-state index is 12.5. The van der Waals surface area contributed by atoms with Gasteiger partial charge < -0.3 is 16.6 Å². The van der Waals surface area contributed by atoms with Crippen molar-refractivity contribution in [2.75, 3.05) is 0 Å². The number of carboxylic acid groups (broad SMARTS) is 1. The maximum Gasteiger partial charge on any atom is 0.416 e. The van der Waals surface area contributed by atoms with Crippen LogP contribution < -0.4 is 11.5 Å². The number of amides is 1. The summed E-state index contributed by atoms with van der Waals surface area (Å²) in [7, 11) is 0. The minimum Gasteiger partial charge on any atom is -0.478 e. The molecule has 5 N–H and O–H groups in total. The number of aromatic carboxylic acids is 1. The first kappa shape index (κ1) is 23.5. The number of nitrogens with zero attached hydrogens (tertiary/aromatic N) is 1. The smallest absolute Gasteiger partial charge is 0.416 e. The first-order valence-corrected chi connectivity index (χ1v) is 7.43. The first-order valence-electron chi connectivity index (χ1n) is 7.43. The zero-order valence-corrected chi connectivity index (χ0v) is 14.3. The highest BCUT2D eigenvalue weighted by molar-refractivity contribution is 6.02. The molecule has 0 heterocycles. The van der Waals surface area contributed by atoms with Crippen LogP contribution in [0.4, 0.5) is 26.3 Å². The van der Waals surface area contributed by atoms with Gasteiger partial charge in [0.1, 0.15) is 0 Å². The van der Waals surface area contributed by atoms with E-state index in [2.05, 4.69) is 4.99 Å². The van der Waals surface area contributed by atoms with Crippen molar-refractivity contribution in [1.82, 2.24) is 0 Å². The fraction of sp³-hybridized carbons (Fsp3) is 0.118. The second-order valence-electron chi connectivity index (χ2n) is 5.31. The lowest BCUT2D eigenvalue weighted by atomic mass is 10.0. The molecule has 6 nitrogen and oxygen atoms in total. The lowest BCUT2D eigenvalue weighted by molar-refractivity contribution is -0.143. The molecule has 0 unspecified atom stereocenters. The van der Waals surface area contributed by atoms with Gasteiger partial charge in [-0.25, -0.2) is 4.79 Å². The van der Waals surface area contributed by atoms with Crippen LogP contribution in [0, 0.1) is 0 Å². The van der Waals surface area contributed by atoms with E-state index in [4.69, 9.17) is 16.6 Å². The van der Waals surface area contributed by atoms with Crippen LogP contribution >= 0.6 is 0 Å². The number of carbonyl (C=O) groups excluding carboxylic acids is 1. The van der Waals surface area contributed by atoms with E-state index in [0.717, 1.165) is 0 Å². The number of carbonyl (C=O) groups is 2. The normalized spacial score (nSPS) is 11.1. The van der Waals surface area contributed by atoms with Crippen LogP contribution in [0.2, 0.25) is 0 Å². The van der Waals surface area contributed by atoms with Crippen molar-refractivity contribution in [3.05, 3.63) is 70.8 Å². The fourth-order valence-electron chi connectivity index (χ4n) is 1.84. The van der Waals surface area contributed by atoms with Crippen LogP contribution in [0.3, 0.4) is 0 Å². The molecule has 0 aliphatic carbocycles. The van der Waals surface area contributed by atoms with Gasteiger partial charge in [0.05, 0.1) is 16.7 Å². The van der Waals surface area contributed by atoms with E-state index in [0.29, 0.717) is 5.56 Å². The third kappa shape index (κ3) is 7.52. The van der Waals surface area contributed by atoms with Gasteiger partial charge >= 0.3 is 18.3 Å². The predicted octanol–water partition coefficient (Wildman–Crippen LogP) is 3.52. The summed E-state index contributed by atoms with van der Waals surface area (Å²) in [5.41, 5.74) is 5.85. The topological polar surface area (TPSA) is 119 Å². The van der Waals surface area contributed by atoms with Gasteiger partial charge in [0.25, 0.3) is 5.91 Å². The van der Waals surface area contributed by atoms with Crippen molar-refractivity contribution in [1.29, 1.82) is 0 Å².